The van der Waals surface area contributed by atoms with Crippen molar-refractivity contribution in [1.29, 1.82) is 0 Å². The van der Waals surface area contributed by atoms with E-state index in [1.165, 1.54) is 13.2 Å². The first kappa shape index (κ1) is 12.3. The fourth-order valence-electron chi connectivity index (χ4n) is 2.13. The van der Waals surface area contributed by atoms with Gasteiger partial charge in [0.1, 0.15) is 12.0 Å². The number of pyridine rings is 1. The zero-order valence-electron chi connectivity index (χ0n) is 10.8. The summed E-state index contributed by atoms with van der Waals surface area (Å²) in [5, 5.41) is 15.6. The molecule has 0 saturated carbocycles. The largest absolute Gasteiger partial charge is 0.504 e. The number of nitrogens with zero attached hydrogens (tertiary/aromatic N) is 1. The summed E-state index contributed by atoms with van der Waals surface area (Å²) in [4.78, 5) is 16.2. The van der Waals surface area contributed by atoms with Crippen LogP contribution in [0.2, 0.25) is 0 Å². The Labute approximate surface area is 115 Å². The maximum absolute atomic E-state index is 12.0. The highest BCUT2D eigenvalue weighted by atomic mass is 16.5. The van der Waals surface area contributed by atoms with Crippen molar-refractivity contribution in [3.8, 4) is 11.5 Å². The van der Waals surface area contributed by atoms with Crippen molar-refractivity contribution in [3.63, 3.8) is 0 Å². The van der Waals surface area contributed by atoms with Crippen LogP contribution >= 0.6 is 0 Å². The van der Waals surface area contributed by atoms with Gasteiger partial charge in [-0.2, -0.15) is 0 Å². The van der Waals surface area contributed by atoms with E-state index in [9.17, 15) is 9.90 Å². The van der Waals surface area contributed by atoms with Crippen LogP contribution in [0.3, 0.4) is 0 Å². The van der Waals surface area contributed by atoms with Gasteiger partial charge < -0.3 is 20.5 Å². The summed E-state index contributed by atoms with van der Waals surface area (Å²) in [6, 6.07) is 8.32. The average molecular weight is 271 g/mol. The summed E-state index contributed by atoms with van der Waals surface area (Å²) in [5.41, 5.74) is 1.28. The van der Waals surface area contributed by atoms with Crippen molar-refractivity contribution in [1.82, 2.24) is 10.3 Å². The Morgan fingerprint density at radius 3 is 2.95 bits per heavy atom. The molecular formula is C14H13N3O3. The van der Waals surface area contributed by atoms with Crippen LogP contribution < -0.4 is 15.4 Å². The van der Waals surface area contributed by atoms with Gasteiger partial charge in [-0.25, -0.2) is 4.98 Å². The molecule has 0 bridgehead atoms. The minimum atomic E-state index is -0.417. The summed E-state index contributed by atoms with van der Waals surface area (Å²) in [6.45, 7) is 0. The standard InChI is InChI=1S/C14H13N3O3/c1-20-11-7-8(4-5-10(11)18)12-16-13-9(14(19)17-12)3-2-6-15-13/h2-7,12,18H,1H3,(H,15,16)(H,17,19). The molecule has 3 N–H and O–H groups in total. The Morgan fingerprint density at radius 2 is 2.15 bits per heavy atom. The van der Waals surface area contributed by atoms with E-state index in [-0.39, 0.29) is 11.7 Å². The maximum Gasteiger partial charge on any atom is 0.256 e. The molecule has 6 heteroatoms. The molecule has 1 aromatic carbocycles. The van der Waals surface area contributed by atoms with Crippen molar-refractivity contribution >= 4 is 11.7 Å². The number of carbonyl (C=O) groups is 1. The highest BCUT2D eigenvalue weighted by Crippen LogP contribution is 2.31. The van der Waals surface area contributed by atoms with E-state index in [4.69, 9.17) is 4.74 Å². The highest BCUT2D eigenvalue weighted by molar-refractivity contribution is 6.00. The summed E-state index contributed by atoms with van der Waals surface area (Å²) in [7, 11) is 1.47. The molecule has 3 rings (SSSR count). The number of ether oxygens (including phenoxy) is 1. The molecule has 20 heavy (non-hydrogen) atoms. The number of rotatable bonds is 2. The van der Waals surface area contributed by atoms with Crippen LogP contribution in [0.25, 0.3) is 0 Å². The molecule has 0 spiro atoms. The van der Waals surface area contributed by atoms with Crippen molar-refractivity contribution in [2.24, 2.45) is 0 Å². The number of amides is 1. The third kappa shape index (κ3) is 2.01. The first-order valence-corrected chi connectivity index (χ1v) is 6.08. The lowest BCUT2D eigenvalue weighted by atomic mass is 10.1. The molecule has 102 valence electrons. The molecule has 0 radical (unpaired) electrons. The van der Waals surface area contributed by atoms with E-state index in [0.29, 0.717) is 17.1 Å². The number of hydrogen-bond acceptors (Lipinski definition) is 5. The molecule has 2 aromatic rings. The quantitative estimate of drug-likeness (QED) is 0.773. The van der Waals surface area contributed by atoms with Crippen LogP contribution in [0.1, 0.15) is 22.1 Å². The molecule has 1 aliphatic rings. The fraction of sp³-hybridized carbons (Fsp3) is 0.143. The van der Waals surface area contributed by atoms with Crippen LogP contribution in [-0.4, -0.2) is 23.1 Å². The third-order valence-electron chi connectivity index (χ3n) is 3.15. The molecular weight excluding hydrogens is 258 g/mol. The van der Waals surface area contributed by atoms with Gasteiger partial charge in [0, 0.05) is 6.20 Å². The van der Waals surface area contributed by atoms with E-state index in [1.807, 2.05) is 0 Å². The number of hydrogen-bond donors (Lipinski definition) is 3. The van der Waals surface area contributed by atoms with Crippen LogP contribution in [0.4, 0.5) is 5.82 Å². The maximum atomic E-state index is 12.0. The molecule has 1 atom stereocenters. The lowest BCUT2D eigenvalue weighted by Gasteiger charge is -2.27. The molecule has 1 aliphatic heterocycles. The minimum Gasteiger partial charge on any atom is -0.504 e. The van der Waals surface area contributed by atoms with Gasteiger partial charge in [0.25, 0.3) is 5.91 Å². The van der Waals surface area contributed by atoms with Crippen LogP contribution in [0.15, 0.2) is 36.5 Å². The van der Waals surface area contributed by atoms with Crippen LogP contribution in [-0.2, 0) is 0 Å². The lowest BCUT2D eigenvalue weighted by Crippen LogP contribution is -2.38. The number of anilines is 1. The Kier molecular flexibility index (Phi) is 2.90. The van der Waals surface area contributed by atoms with E-state index >= 15 is 0 Å². The van der Waals surface area contributed by atoms with Gasteiger partial charge in [-0.15, -0.1) is 0 Å². The van der Waals surface area contributed by atoms with E-state index in [2.05, 4.69) is 15.6 Å². The Morgan fingerprint density at radius 1 is 1.30 bits per heavy atom. The summed E-state index contributed by atoms with van der Waals surface area (Å²) in [5.74, 6) is 0.750. The van der Waals surface area contributed by atoms with E-state index < -0.39 is 6.17 Å². The number of aromatic hydroxyl groups is 1. The number of benzene rings is 1. The van der Waals surface area contributed by atoms with Gasteiger partial charge in [-0.1, -0.05) is 6.07 Å². The first-order valence-electron chi connectivity index (χ1n) is 6.08. The molecule has 1 amide bonds. The zero-order chi connectivity index (χ0) is 14.1. The summed E-state index contributed by atoms with van der Waals surface area (Å²) < 4.78 is 5.07. The number of carbonyl (C=O) groups excluding carboxylic acids is 1. The van der Waals surface area contributed by atoms with Gasteiger partial charge in [0.05, 0.1) is 12.7 Å². The monoisotopic (exact) mass is 271 g/mol. The van der Waals surface area contributed by atoms with Gasteiger partial charge in [0.2, 0.25) is 0 Å². The SMILES string of the molecule is COc1cc(C2NC(=O)c3cccnc3N2)ccc1O. The van der Waals surface area contributed by atoms with Crippen LogP contribution in [0.5, 0.6) is 11.5 Å². The number of aromatic nitrogens is 1. The second kappa shape index (κ2) is 4.73. The van der Waals surface area contributed by atoms with Crippen molar-refractivity contribution in [3.05, 3.63) is 47.7 Å². The lowest BCUT2D eigenvalue weighted by molar-refractivity contribution is 0.0935. The number of nitrogens with one attached hydrogen (secondary N) is 2. The molecule has 1 aromatic heterocycles. The molecule has 1 unspecified atom stereocenters. The van der Waals surface area contributed by atoms with Crippen molar-refractivity contribution in [2.45, 2.75) is 6.17 Å². The second-order valence-electron chi connectivity index (χ2n) is 4.38. The van der Waals surface area contributed by atoms with Crippen LogP contribution in [0, 0.1) is 0 Å². The van der Waals surface area contributed by atoms with Gasteiger partial charge >= 0.3 is 0 Å². The highest BCUT2D eigenvalue weighted by Gasteiger charge is 2.25. The molecule has 2 heterocycles. The first-order chi connectivity index (χ1) is 9.69. The predicted octanol–water partition coefficient (Wildman–Crippen LogP) is 1.65. The second-order valence-corrected chi connectivity index (χ2v) is 4.38. The zero-order valence-corrected chi connectivity index (χ0v) is 10.8. The average Bonchev–Trinajstić information content (AvgIpc) is 2.47. The Balaban J connectivity index is 1.95. The third-order valence-corrected chi connectivity index (χ3v) is 3.15. The molecule has 6 nitrogen and oxygen atoms in total. The summed E-state index contributed by atoms with van der Waals surface area (Å²) >= 11 is 0. The van der Waals surface area contributed by atoms with Gasteiger partial charge in [0.15, 0.2) is 11.5 Å². The molecule has 0 saturated heterocycles. The number of fused-ring (bicyclic) bond motifs is 1. The summed E-state index contributed by atoms with van der Waals surface area (Å²) in [6.07, 6.45) is 1.21. The Hall–Kier alpha value is -2.76. The fourth-order valence-corrected chi connectivity index (χ4v) is 2.13. The van der Waals surface area contributed by atoms with E-state index in [1.54, 1.807) is 30.5 Å². The van der Waals surface area contributed by atoms with Gasteiger partial charge in [-0.3, -0.25) is 4.79 Å². The molecule has 0 fully saturated rings. The number of methoxy groups -OCH3 is 1. The number of phenolic OH excluding ortho intramolecular Hbond substituents is 1. The Bertz CT molecular complexity index is 672. The minimum absolute atomic E-state index is 0.0527. The predicted molar refractivity (Wildman–Crippen MR) is 72.7 cm³/mol. The van der Waals surface area contributed by atoms with E-state index in [0.717, 1.165) is 5.56 Å². The normalized spacial score (nSPS) is 16.9. The van der Waals surface area contributed by atoms with Gasteiger partial charge in [-0.05, 0) is 29.8 Å². The number of phenols is 1. The van der Waals surface area contributed by atoms with Crippen molar-refractivity contribution in [2.75, 3.05) is 12.4 Å². The molecule has 0 aliphatic carbocycles. The topological polar surface area (TPSA) is 83.5 Å². The smallest absolute Gasteiger partial charge is 0.256 e. The van der Waals surface area contributed by atoms with Crippen molar-refractivity contribution < 1.29 is 14.6 Å².